The van der Waals surface area contributed by atoms with Gasteiger partial charge in [-0.25, -0.2) is 4.57 Å². The Hall–Kier alpha value is -2.13. The molecule has 0 saturated carbocycles. The summed E-state index contributed by atoms with van der Waals surface area (Å²) in [6.07, 6.45) is 6.65. The van der Waals surface area contributed by atoms with Gasteiger partial charge in [0.15, 0.2) is 18.1 Å². The lowest BCUT2D eigenvalue weighted by Crippen LogP contribution is -2.26. The predicted octanol–water partition coefficient (Wildman–Crippen LogP) is 2.71. The second-order valence-corrected chi connectivity index (χ2v) is 4.30. The van der Waals surface area contributed by atoms with Gasteiger partial charge in [-0.1, -0.05) is 24.8 Å². The Labute approximate surface area is 113 Å². The Morgan fingerprint density at radius 3 is 2.42 bits per heavy atom. The molecule has 98 valence electrons. The monoisotopic (exact) mass is 256 g/mol. The quantitative estimate of drug-likeness (QED) is 0.343. The van der Waals surface area contributed by atoms with Gasteiger partial charge in [-0.15, -0.1) is 0 Å². The average molecular weight is 256 g/mol. The summed E-state index contributed by atoms with van der Waals surface area (Å²) in [4.78, 5) is 10.4. The molecule has 0 aliphatic carbocycles. The summed E-state index contributed by atoms with van der Waals surface area (Å²) in [5.74, 6) is 0.699. The SMILES string of the molecule is C=Cc1ccc(OOCCc2cc[n+](C)cc2)cc1. The minimum atomic E-state index is 0.525. The molecule has 0 bridgehead atoms. The third kappa shape index (κ3) is 4.23. The molecular weight excluding hydrogens is 238 g/mol. The molecule has 0 fully saturated rings. The van der Waals surface area contributed by atoms with Gasteiger partial charge in [0.1, 0.15) is 7.05 Å². The Balaban J connectivity index is 1.74. The van der Waals surface area contributed by atoms with Crippen molar-refractivity contribution in [2.75, 3.05) is 6.61 Å². The van der Waals surface area contributed by atoms with Crippen LogP contribution < -0.4 is 9.45 Å². The molecule has 0 unspecified atom stereocenters. The highest BCUT2D eigenvalue weighted by Gasteiger charge is 1.98. The number of hydrogen-bond donors (Lipinski definition) is 0. The van der Waals surface area contributed by atoms with Crippen molar-refractivity contribution in [2.24, 2.45) is 7.05 Å². The molecule has 19 heavy (non-hydrogen) atoms. The molecule has 1 aromatic heterocycles. The maximum atomic E-state index is 5.21. The fraction of sp³-hybridized carbons (Fsp3) is 0.188. The number of benzene rings is 1. The summed E-state index contributed by atoms with van der Waals surface area (Å²) in [6, 6.07) is 11.7. The second-order valence-electron chi connectivity index (χ2n) is 4.30. The highest BCUT2D eigenvalue weighted by molar-refractivity contribution is 5.48. The molecule has 0 N–H and O–H groups in total. The van der Waals surface area contributed by atoms with Crippen LogP contribution in [0.4, 0.5) is 0 Å². The van der Waals surface area contributed by atoms with Gasteiger partial charge >= 0.3 is 0 Å². The largest absolute Gasteiger partial charge is 0.338 e. The molecule has 0 saturated heterocycles. The predicted molar refractivity (Wildman–Crippen MR) is 74.4 cm³/mol. The van der Waals surface area contributed by atoms with Gasteiger partial charge in [-0.3, -0.25) is 0 Å². The van der Waals surface area contributed by atoms with Crippen LogP contribution in [-0.2, 0) is 18.4 Å². The zero-order valence-corrected chi connectivity index (χ0v) is 11.1. The van der Waals surface area contributed by atoms with Crippen LogP contribution in [0, 0.1) is 0 Å². The first-order valence-electron chi connectivity index (χ1n) is 6.24. The van der Waals surface area contributed by atoms with E-state index >= 15 is 0 Å². The fourth-order valence-electron chi connectivity index (χ4n) is 1.63. The van der Waals surface area contributed by atoms with Gasteiger partial charge in [0.05, 0.1) is 6.61 Å². The number of nitrogens with zero attached hydrogens (tertiary/aromatic N) is 1. The number of hydrogen-bond acceptors (Lipinski definition) is 2. The van der Waals surface area contributed by atoms with Crippen molar-refractivity contribution in [1.82, 2.24) is 0 Å². The maximum Gasteiger partial charge on any atom is 0.168 e. The van der Waals surface area contributed by atoms with E-state index in [0.29, 0.717) is 12.4 Å². The summed E-state index contributed by atoms with van der Waals surface area (Å²) in [5, 5.41) is 0. The van der Waals surface area contributed by atoms with E-state index in [1.807, 2.05) is 48.3 Å². The van der Waals surface area contributed by atoms with E-state index in [0.717, 1.165) is 12.0 Å². The van der Waals surface area contributed by atoms with Crippen LogP contribution in [0.3, 0.4) is 0 Å². The average Bonchev–Trinajstić information content (AvgIpc) is 2.46. The summed E-state index contributed by atoms with van der Waals surface area (Å²) in [5.41, 5.74) is 2.29. The molecule has 2 aromatic rings. The van der Waals surface area contributed by atoms with Gasteiger partial charge in [-0.05, 0) is 23.3 Å². The van der Waals surface area contributed by atoms with Crippen molar-refractivity contribution in [2.45, 2.75) is 6.42 Å². The van der Waals surface area contributed by atoms with Crippen molar-refractivity contribution in [3.63, 3.8) is 0 Å². The molecule has 1 heterocycles. The van der Waals surface area contributed by atoms with Crippen LogP contribution in [0.2, 0.25) is 0 Å². The number of rotatable bonds is 6. The van der Waals surface area contributed by atoms with Gasteiger partial charge in [0, 0.05) is 18.6 Å². The molecule has 0 aliphatic rings. The van der Waals surface area contributed by atoms with Gasteiger partial charge in [0.25, 0.3) is 0 Å². The normalized spacial score (nSPS) is 10.2. The zero-order chi connectivity index (χ0) is 13.5. The Morgan fingerprint density at radius 1 is 1.11 bits per heavy atom. The highest BCUT2D eigenvalue weighted by Crippen LogP contribution is 2.13. The lowest BCUT2D eigenvalue weighted by atomic mass is 10.2. The summed E-state index contributed by atoms with van der Waals surface area (Å²) >= 11 is 0. The molecule has 0 spiro atoms. The second kappa shape index (κ2) is 6.71. The van der Waals surface area contributed by atoms with Crippen LogP contribution >= 0.6 is 0 Å². The topological polar surface area (TPSA) is 22.3 Å². The van der Waals surface area contributed by atoms with Crippen molar-refractivity contribution < 1.29 is 14.3 Å². The van der Waals surface area contributed by atoms with E-state index in [2.05, 4.69) is 18.7 Å². The van der Waals surface area contributed by atoms with E-state index in [9.17, 15) is 0 Å². The van der Waals surface area contributed by atoms with Crippen LogP contribution in [0.5, 0.6) is 5.75 Å². The molecule has 0 aliphatic heterocycles. The first-order chi connectivity index (χ1) is 9.28. The first kappa shape index (κ1) is 13.3. The first-order valence-corrected chi connectivity index (χ1v) is 6.24. The maximum absolute atomic E-state index is 5.21. The minimum Gasteiger partial charge on any atom is -0.338 e. The van der Waals surface area contributed by atoms with E-state index in [1.165, 1.54) is 5.56 Å². The Morgan fingerprint density at radius 2 is 1.79 bits per heavy atom. The number of aryl methyl sites for hydroxylation is 1. The van der Waals surface area contributed by atoms with Crippen molar-refractivity contribution in [3.05, 3.63) is 66.5 Å². The van der Waals surface area contributed by atoms with Crippen LogP contribution in [0.25, 0.3) is 6.08 Å². The third-order valence-corrected chi connectivity index (χ3v) is 2.79. The van der Waals surface area contributed by atoms with Gasteiger partial charge in [0.2, 0.25) is 0 Å². The summed E-state index contributed by atoms with van der Waals surface area (Å²) < 4.78 is 2.00. The standard InChI is InChI=1S/C16H18NO2/c1-3-14-4-6-16(7-5-14)19-18-13-10-15-8-11-17(2)12-9-15/h3-9,11-12H,1,10,13H2,2H3/q+1. The third-order valence-electron chi connectivity index (χ3n) is 2.79. The van der Waals surface area contributed by atoms with Crippen LogP contribution in [-0.4, -0.2) is 6.61 Å². The summed E-state index contributed by atoms with van der Waals surface area (Å²) in [6.45, 7) is 4.23. The number of aromatic nitrogens is 1. The fourth-order valence-corrected chi connectivity index (χ4v) is 1.63. The summed E-state index contributed by atoms with van der Waals surface area (Å²) in [7, 11) is 2.00. The van der Waals surface area contributed by atoms with Gasteiger partial charge in [-0.2, -0.15) is 4.89 Å². The molecule has 0 atom stereocenters. The zero-order valence-electron chi connectivity index (χ0n) is 11.1. The van der Waals surface area contributed by atoms with E-state index in [-0.39, 0.29) is 0 Å². The minimum absolute atomic E-state index is 0.525. The lowest BCUT2D eigenvalue weighted by Gasteiger charge is -2.05. The Kier molecular flexibility index (Phi) is 4.70. The molecule has 2 rings (SSSR count). The molecule has 3 heteroatoms. The van der Waals surface area contributed by atoms with Crippen LogP contribution in [0.15, 0.2) is 55.4 Å². The molecular formula is C16H18NO2+. The molecule has 0 amide bonds. The van der Waals surface area contributed by atoms with E-state index in [1.54, 1.807) is 6.08 Å². The van der Waals surface area contributed by atoms with Crippen LogP contribution in [0.1, 0.15) is 11.1 Å². The lowest BCUT2D eigenvalue weighted by molar-refractivity contribution is -0.671. The van der Waals surface area contributed by atoms with Crippen molar-refractivity contribution >= 4 is 6.08 Å². The highest BCUT2D eigenvalue weighted by atomic mass is 17.2. The van der Waals surface area contributed by atoms with Crippen molar-refractivity contribution in [1.29, 1.82) is 0 Å². The smallest absolute Gasteiger partial charge is 0.168 e. The van der Waals surface area contributed by atoms with Crippen molar-refractivity contribution in [3.8, 4) is 5.75 Å². The molecule has 3 nitrogen and oxygen atoms in total. The van der Waals surface area contributed by atoms with E-state index < -0.39 is 0 Å². The van der Waals surface area contributed by atoms with Gasteiger partial charge < -0.3 is 4.89 Å². The number of pyridine rings is 1. The Bertz CT molecular complexity index is 517. The molecule has 1 aromatic carbocycles. The van der Waals surface area contributed by atoms with E-state index in [4.69, 9.17) is 9.78 Å². The molecule has 0 radical (unpaired) electrons.